The van der Waals surface area contributed by atoms with E-state index in [-0.39, 0.29) is 17.8 Å². The van der Waals surface area contributed by atoms with E-state index in [0.29, 0.717) is 11.1 Å². The number of amides is 1. The van der Waals surface area contributed by atoms with Gasteiger partial charge in [-0.15, -0.1) is 0 Å². The Balaban J connectivity index is 1.53. The summed E-state index contributed by atoms with van der Waals surface area (Å²) in [6.07, 6.45) is 0.348. The van der Waals surface area contributed by atoms with Gasteiger partial charge in [0.05, 0.1) is 6.04 Å². The van der Waals surface area contributed by atoms with Gasteiger partial charge >= 0.3 is 6.43 Å². The maximum atomic E-state index is 12.6. The van der Waals surface area contributed by atoms with Crippen LogP contribution in [0.15, 0.2) is 41.1 Å². The molecule has 1 amide bonds. The summed E-state index contributed by atoms with van der Waals surface area (Å²) in [4.78, 5) is 20.3. The first-order valence-corrected chi connectivity index (χ1v) is 8.50. The number of hydrogen-bond acceptors (Lipinski definition) is 5. The van der Waals surface area contributed by atoms with Gasteiger partial charge in [0, 0.05) is 23.0 Å². The number of benzene rings is 1. The van der Waals surface area contributed by atoms with Gasteiger partial charge in [-0.3, -0.25) is 9.78 Å². The number of hydrogen-bond donors (Lipinski definition) is 1. The van der Waals surface area contributed by atoms with Crippen molar-refractivity contribution < 1.29 is 18.1 Å². The number of pyridine rings is 1. The highest BCUT2D eigenvalue weighted by atomic mass is 19.3. The minimum Gasteiger partial charge on any atom is -0.345 e. The lowest BCUT2D eigenvalue weighted by Crippen LogP contribution is -2.27. The first kappa shape index (κ1) is 17.3. The van der Waals surface area contributed by atoms with E-state index in [1.54, 1.807) is 24.4 Å². The van der Waals surface area contributed by atoms with Crippen molar-refractivity contribution in [3.05, 3.63) is 64.8 Å². The van der Waals surface area contributed by atoms with Crippen molar-refractivity contribution in [3.8, 4) is 11.4 Å². The molecular formula is C19H16F2N4O2. The Hall–Kier alpha value is -3.16. The Kier molecular flexibility index (Phi) is 4.39. The standard InChI is InChI=1S/C19H16F2N4O2/c1-10-8-13(6-7-22-10)18(26)23-15-5-3-11-9-12(2-4-14(11)15)17-24-19(16(20)21)27-25-17/h2,4,6-9,15-16H,3,5H2,1H3,(H,23,26). The molecular weight excluding hydrogens is 354 g/mol. The van der Waals surface area contributed by atoms with Crippen molar-refractivity contribution in [2.24, 2.45) is 0 Å². The van der Waals surface area contributed by atoms with Crippen molar-refractivity contribution in [1.82, 2.24) is 20.4 Å². The molecule has 0 radical (unpaired) electrons. The summed E-state index contributed by atoms with van der Waals surface area (Å²) < 4.78 is 29.8. The van der Waals surface area contributed by atoms with Gasteiger partial charge in [-0.05, 0) is 49.1 Å². The van der Waals surface area contributed by atoms with E-state index in [1.165, 1.54) is 0 Å². The van der Waals surface area contributed by atoms with Crippen molar-refractivity contribution in [1.29, 1.82) is 0 Å². The fourth-order valence-corrected chi connectivity index (χ4v) is 3.28. The Morgan fingerprint density at radius 3 is 2.89 bits per heavy atom. The first-order valence-electron chi connectivity index (χ1n) is 8.50. The second kappa shape index (κ2) is 6.86. The lowest BCUT2D eigenvalue weighted by molar-refractivity contribution is 0.0936. The number of alkyl halides is 2. The monoisotopic (exact) mass is 370 g/mol. The van der Waals surface area contributed by atoms with Crippen LogP contribution in [-0.2, 0) is 6.42 Å². The highest BCUT2D eigenvalue weighted by Crippen LogP contribution is 2.34. The topological polar surface area (TPSA) is 80.9 Å². The molecule has 2 aromatic heterocycles. The second-order valence-corrected chi connectivity index (χ2v) is 6.42. The van der Waals surface area contributed by atoms with Crippen molar-refractivity contribution in [2.45, 2.75) is 32.2 Å². The van der Waals surface area contributed by atoms with Crippen molar-refractivity contribution in [2.75, 3.05) is 0 Å². The molecule has 6 nitrogen and oxygen atoms in total. The predicted molar refractivity (Wildman–Crippen MR) is 92.2 cm³/mol. The number of rotatable bonds is 4. The number of carbonyl (C=O) groups excluding carboxylic acids is 1. The third-order valence-electron chi connectivity index (χ3n) is 4.57. The molecule has 1 unspecified atom stereocenters. The Labute approximate surface area is 153 Å². The average Bonchev–Trinajstić information content (AvgIpc) is 3.29. The van der Waals surface area contributed by atoms with Crippen LogP contribution >= 0.6 is 0 Å². The van der Waals surface area contributed by atoms with E-state index in [2.05, 4.69) is 25.0 Å². The molecule has 0 saturated carbocycles. The van der Waals surface area contributed by atoms with Crippen LogP contribution in [0.3, 0.4) is 0 Å². The zero-order chi connectivity index (χ0) is 19.0. The maximum absolute atomic E-state index is 12.6. The molecule has 0 aliphatic heterocycles. The molecule has 0 fully saturated rings. The van der Waals surface area contributed by atoms with Gasteiger partial charge in [-0.1, -0.05) is 17.3 Å². The molecule has 0 spiro atoms. The lowest BCUT2D eigenvalue weighted by Gasteiger charge is -2.14. The lowest BCUT2D eigenvalue weighted by atomic mass is 10.0. The van der Waals surface area contributed by atoms with Gasteiger partial charge in [0.2, 0.25) is 5.82 Å². The molecule has 0 bridgehead atoms. The smallest absolute Gasteiger partial charge is 0.315 e. The van der Waals surface area contributed by atoms with E-state index in [4.69, 9.17) is 0 Å². The minimum atomic E-state index is -2.79. The zero-order valence-corrected chi connectivity index (χ0v) is 14.4. The predicted octanol–water partition coefficient (Wildman–Crippen LogP) is 3.79. The highest BCUT2D eigenvalue weighted by molar-refractivity contribution is 5.94. The fraction of sp³-hybridized carbons (Fsp3) is 0.263. The normalized spacial score (nSPS) is 15.8. The Morgan fingerprint density at radius 1 is 1.30 bits per heavy atom. The molecule has 27 heavy (non-hydrogen) atoms. The van der Waals surface area contributed by atoms with Crippen LogP contribution in [0.1, 0.15) is 52.0 Å². The molecule has 3 aromatic rings. The number of aromatic nitrogens is 3. The summed E-state index contributed by atoms with van der Waals surface area (Å²) in [6.45, 7) is 1.83. The highest BCUT2D eigenvalue weighted by Gasteiger charge is 2.26. The number of nitrogens with zero attached hydrogens (tertiary/aromatic N) is 3. The summed E-state index contributed by atoms with van der Waals surface area (Å²) >= 11 is 0. The summed E-state index contributed by atoms with van der Waals surface area (Å²) in [5, 5.41) is 6.65. The van der Waals surface area contributed by atoms with Gasteiger partial charge in [0.15, 0.2) is 0 Å². The van der Waals surface area contributed by atoms with E-state index in [9.17, 15) is 13.6 Å². The van der Waals surface area contributed by atoms with E-state index >= 15 is 0 Å². The van der Waals surface area contributed by atoms with Gasteiger partial charge < -0.3 is 9.84 Å². The summed E-state index contributed by atoms with van der Waals surface area (Å²) in [5.74, 6) is -0.710. The quantitative estimate of drug-likeness (QED) is 0.756. The minimum absolute atomic E-state index is 0.100. The fourth-order valence-electron chi connectivity index (χ4n) is 3.28. The molecule has 1 atom stereocenters. The van der Waals surface area contributed by atoms with Gasteiger partial charge in [-0.25, -0.2) is 0 Å². The van der Waals surface area contributed by atoms with Crippen LogP contribution in [-0.4, -0.2) is 21.0 Å². The van der Waals surface area contributed by atoms with E-state index in [1.807, 2.05) is 19.1 Å². The van der Waals surface area contributed by atoms with Crippen LogP contribution in [0.25, 0.3) is 11.4 Å². The Bertz CT molecular complexity index is 1000. The van der Waals surface area contributed by atoms with Crippen LogP contribution in [0, 0.1) is 6.92 Å². The van der Waals surface area contributed by atoms with Gasteiger partial charge in [-0.2, -0.15) is 13.8 Å². The van der Waals surface area contributed by atoms with Crippen molar-refractivity contribution >= 4 is 5.91 Å². The van der Waals surface area contributed by atoms with Gasteiger partial charge in [0.1, 0.15) is 0 Å². The molecule has 4 rings (SSSR count). The van der Waals surface area contributed by atoms with Crippen LogP contribution in [0.2, 0.25) is 0 Å². The number of carbonyl (C=O) groups is 1. The van der Waals surface area contributed by atoms with Crippen LogP contribution < -0.4 is 5.32 Å². The number of aryl methyl sites for hydroxylation is 2. The molecule has 1 aliphatic carbocycles. The number of nitrogens with one attached hydrogen (secondary N) is 1. The number of halogens is 2. The summed E-state index contributed by atoms with van der Waals surface area (Å²) in [6, 6.07) is 8.80. The SMILES string of the molecule is Cc1cc(C(=O)NC2CCc3cc(-c4noc(C(F)F)n4)ccc32)ccn1. The summed E-state index contributed by atoms with van der Waals surface area (Å²) in [7, 11) is 0. The van der Waals surface area contributed by atoms with Crippen LogP contribution in [0.5, 0.6) is 0 Å². The first-order chi connectivity index (χ1) is 13.0. The molecule has 1 aliphatic rings. The second-order valence-electron chi connectivity index (χ2n) is 6.42. The van der Waals surface area contributed by atoms with Crippen molar-refractivity contribution in [3.63, 3.8) is 0 Å². The molecule has 8 heteroatoms. The summed E-state index contributed by atoms with van der Waals surface area (Å²) in [5.41, 5.74) is 4.00. The van der Waals surface area contributed by atoms with E-state index < -0.39 is 12.3 Å². The Morgan fingerprint density at radius 2 is 2.15 bits per heavy atom. The average molecular weight is 370 g/mol. The molecule has 2 heterocycles. The molecule has 1 aromatic carbocycles. The number of fused-ring (bicyclic) bond motifs is 1. The maximum Gasteiger partial charge on any atom is 0.315 e. The molecule has 1 N–H and O–H groups in total. The third-order valence-corrected chi connectivity index (χ3v) is 4.57. The van der Waals surface area contributed by atoms with Gasteiger partial charge in [0.25, 0.3) is 11.8 Å². The zero-order valence-electron chi connectivity index (χ0n) is 14.4. The molecule has 0 saturated heterocycles. The molecule has 138 valence electrons. The largest absolute Gasteiger partial charge is 0.345 e. The third kappa shape index (κ3) is 3.42. The van der Waals surface area contributed by atoms with Crippen LogP contribution in [0.4, 0.5) is 8.78 Å². The van der Waals surface area contributed by atoms with E-state index in [0.717, 1.165) is 29.7 Å².